The van der Waals surface area contributed by atoms with Gasteiger partial charge in [-0.1, -0.05) is 38.7 Å². The molecule has 41 heavy (non-hydrogen) atoms. The lowest BCUT2D eigenvalue weighted by Gasteiger charge is -2.59. The minimum atomic E-state index is -1.93. The first-order valence-electron chi connectivity index (χ1n) is 14.5. The lowest BCUT2D eigenvalue weighted by Crippen LogP contribution is -2.76. The molecule has 0 bridgehead atoms. The predicted molar refractivity (Wildman–Crippen MR) is 148 cm³/mol. The molecule has 2 aromatic rings. The largest absolute Gasteiger partial charge is 0.506 e. The smallest absolute Gasteiger partial charge is 0.335 e. The number of phenols is 1. The van der Waals surface area contributed by atoms with E-state index < -0.39 is 53.3 Å². The van der Waals surface area contributed by atoms with Crippen LogP contribution in [0.5, 0.6) is 11.5 Å². The van der Waals surface area contributed by atoms with Crippen molar-refractivity contribution in [3.63, 3.8) is 0 Å². The van der Waals surface area contributed by atoms with Crippen LogP contribution in [0.25, 0.3) is 10.8 Å². The lowest BCUT2D eigenvalue weighted by molar-refractivity contribution is -0.361. The van der Waals surface area contributed by atoms with Crippen molar-refractivity contribution in [1.82, 2.24) is 0 Å². The van der Waals surface area contributed by atoms with Crippen molar-refractivity contribution < 1.29 is 49.7 Å². The molecule has 0 radical (unpaired) electrons. The Hall–Kier alpha value is -2.76. The van der Waals surface area contributed by atoms with Crippen LogP contribution in [0.1, 0.15) is 91.5 Å². The topological polar surface area (TPSA) is 174 Å². The highest BCUT2D eigenvalue weighted by Gasteiger charge is 2.69. The van der Waals surface area contributed by atoms with Gasteiger partial charge in [0, 0.05) is 0 Å². The molecular weight excluding hydrogens is 532 g/mol. The summed E-state index contributed by atoms with van der Waals surface area (Å²) < 4.78 is 12.1. The Morgan fingerprint density at radius 2 is 1.85 bits per heavy atom. The van der Waals surface area contributed by atoms with Gasteiger partial charge in [0.25, 0.3) is 0 Å². The minimum absolute atomic E-state index is 0.0361. The van der Waals surface area contributed by atoms with Crippen molar-refractivity contribution in [2.24, 2.45) is 11.8 Å². The van der Waals surface area contributed by atoms with Crippen molar-refractivity contribution in [2.75, 3.05) is 0 Å². The fourth-order valence-corrected chi connectivity index (χ4v) is 7.75. The maximum atomic E-state index is 12.3. The number of phenolic OH excluding ortho intramolecular Hbond substituents is 1. The van der Waals surface area contributed by atoms with Gasteiger partial charge in [-0.15, -0.1) is 0 Å². The Bertz CT molecular complexity index is 1360. The first-order valence-corrected chi connectivity index (χ1v) is 14.5. The molecule has 2 saturated carbocycles. The standard InChI is InChI=1S/C31H40O10/c1-4-5-6-8-17-14-31(39)26(35)25(34)28(41-29(31)30(38)10-7-9-20(17)30)40-21-13-19(27(36)37)12-18-11-15(2)22(16(3)32)24(33)23(18)21/h11-13,17,20,25-26,28-29,33-35,38-39H,4-10,14H2,1-3H3,(H,36,37)/t17-,20+,25-,26-,28-,29-,30+,31+/m1/s1. The van der Waals surface area contributed by atoms with Gasteiger partial charge in [0.15, 0.2) is 5.78 Å². The average Bonchev–Trinajstić information content (AvgIpc) is 3.30. The average molecular weight is 573 g/mol. The first-order chi connectivity index (χ1) is 19.3. The number of hydrogen-bond acceptors (Lipinski definition) is 9. The van der Waals surface area contributed by atoms with E-state index in [1.165, 1.54) is 13.0 Å². The quantitative estimate of drug-likeness (QED) is 0.203. The highest BCUT2D eigenvalue weighted by molar-refractivity contribution is 6.08. The summed E-state index contributed by atoms with van der Waals surface area (Å²) in [7, 11) is 0. The number of benzene rings is 2. The summed E-state index contributed by atoms with van der Waals surface area (Å²) in [6, 6.07) is 4.03. The van der Waals surface area contributed by atoms with Crippen LogP contribution >= 0.6 is 0 Å². The SMILES string of the molecule is CCCCC[C@@H]1C[C@@]2(O)[C@H](O[C@@H](Oc3cc(C(=O)O)cc4cc(C)c(C(C)=O)c(O)c34)[C@H](O)[C@H]2O)[C@]2(O)CCC[C@@H]12. The number of aromatic hydroxyl groups is 1. The second kappa shape index (κ2) is 10.8. The molecule has 6 N–H and O–H groups in total. The number of Topliss-reactive ketones (excluding diaryl/α,β-unsaturated/α-hetero) is 1. The van der Waals surface area contributed by atoms with Gasteiger partial charge in [0.2, 0.25) is 6.29 Å². The number of aromatic carboxylic acids is 1. The van der Waals surface area contributed by atoms with Gasteiger partial charge in [-0.25, -0.2) is 4.79 Å². The molecule has 8 atom stereocenters. The zero-order valence-electron chi connectivity index (χ0n) is 23.7. The Morgan fingerprint density at radius 1 is 1.12 bits per heavy atom. The van der Waals surface area contributed by atoms with Gasteiger partial charge >= 0.3 is 5.97 Å². The van der Waals surface area contributed by atoms with Crippen LogP contribution in [0.3, 0.4) is 0 Å². The number of carbonyl (C=O) groups excluding carboxylic acids is 1. The van der Waals surface area contributed by atoms with Crippen molar-refractivity contribution >= 4 is 22.5 Å². The first kappa shape index (κ1) is 29.7. The molecule has 0 amide bonds. The summed E-state index contributed by atoms with van der Waals surface area (Å²) in [5, 5.41) is 67.4. The maximum Gasteiger partial charge on any atom is 0.335 e. The molecule has 0 aromatic heterocycles. The molecule has 1 saturated heterocycles. The Balaban J connectivity index is 1.55. The normalized spacial score (nSPS) is 34.7. The van der Waals surface area contributed by atoms with Crippen molar-refractivity contribution in [3.8, 4) is 11.5 Å². The van der Waals surface area contributed by atoms with E-state index in [1.807, 2.05) is 0 Å². The molecule has 10 heteroatoms. The van der Waals surface area contributed by atoms with E-state index in [0.717, 1.165) is 44.6 Å². The number of hydrogen-bond donors (Lipinski definition) is 6. The van der Waals surface area contributed by atoms with E-state index in [1.54, 1.807) is 13.0 Å². The summed E-state index contributed by atoms with van der Waals surface area (Å²) in [4.78, 5) is 24.2. The number of carboxylic acids is 1. The van der Waals surface area contributed by atoms with Crippen molar-refractivity contribution in [2.45, 2.75) is 108 Å². The second-order valence-electron chi connectivity index (χ2n) is 12.2. The molecule has 2 aromatic carbocycles. The predicted octanol–water partition coefficient (Wildman–Crippen LogP) is 3.44. The number of unbranched alkanes of at least 4 members (excludes halogenated alkanes) is 2. The molecule has 1 aliphatic heterocycles. The summed E-state index contributed by atoms with van der Waals surface area (Å²) >= 11 is 0. The van der Waals surface area contributed by atoms with E-state index in [4.69, 9.17) is 9.47 Å². The van der Waals surface area contributed by atoms with Crippen LogP contribution in [-0.2, 0) is 4.74 Å². The number of aliphatic hydroxyl groups excluding tert-OH is 2. The van der Waals surface area contributed by atoms with Gasteiger partial charge in [0.1, 0.15) is 35.4 Å². The van der Waals surface area contributed by atoms with Crippen LogP contribution in [0.4, 0.5) is 0 Å². The third-order valence-electron chi connectivity index (χ3n) is 9.58. The van der Waals surface area contributed by atoms with Gasteiger partial charge in [-0.2, -0.15) is 0 Å². The minimum Gasteiger partial charge on any atom is -0.506 e. The van der Waals surface area contributed by atoms with E-state index in [2.05, 4.69) is 6.92 Å². The van der Waals surface area contributed by atoms with Gasteiger partial charge in [-0.3, -0.25) is 4.79 Å². The third-order valence-corrected chi connectivity index (χ3v) is 9.58. The summed E-state index contributed by atoms with van der Waals surface area (Å²) in [6.45, 7) is 5.01. The van der Waals surface area contributed by atoms with Gasteiger partial charge < -0.3 is 40.1 Å². The molecule has 224 valence electrons. The Kier molecular flexibility index (Phi) is 7.84. The van der Waals surface area contributed by atoms with Crippen LogP contribution in [-0.4, -0.2) is 78.2 Å². The fourth-order valence-electron chi connectivity index (χ4n) is 7.75. The number of carbonyl (C=O) groups is 2. The summed E-state index contributed by atoms with van der Waals surface area (Å²) in [6.07, 6.45) is -0.666. The van der Waals surface area contributed by atoms with Gasteiger partial charge in [-0.05, 0) is 74.4 Å². The monoisotopic (exact) mass is 572 g/mol. The molecular formula is C31H40O10. The third kappa shape index (κ3) is 4.79. The van der Waals surface area contributed by atoms with E-state index >= 15 is 0 Å². The Morgan fingerprint density at radius 3 is 2.51 bits per heavy atom. The zero-order chi connectivity index (χ0) is 29.9. The summed E-state index contributed by atoms with van der Waals surface area (Å²) in [5.41, 5.74) is -3.09. The molecule has 10 nitrogen and oxygen atoms in total. The molecule has 1 heterocycles. The van der Waals surface area contributed by atoms with Gasteiger partial charge in [0.05, 0.1) is 22.1 Å². The second-order valence-corrected chi connectivity index (χ2v) is 12.2. The molecule has 0 unspecified atom stereocenters. The van der Waals surface area contributed by atoms with Crippen molar-refractivity contribution in [3.05, 3.63) is 34.9 Å². The molecule has 3 aliphatic rings. The van der Waals surface area contributed by atoms with E-state index in [-0.39, 0.29) is 45.9 Å². The number of rotatable bonds is 8. The van der Waals surface area contributed by atoms with E-state index in [0.29, 0.717) is 12.0 Å². The summed E-state index contributed by atoms with van der Waals surface area (Å²) in [5.74, 6) is -2.49. The maximum absolute atomic E-state index is 12.3. The number of carboxylic acid groups (broad SMARTS) is 1. The highest BCUT2D eigenvalue weighted by atomic mass is 16.7. The number of ether oxygens (including phenoxy) is 2. The highest BCUT2D eigenvalue weighted by Crippen LogP contribution is 2.57. The molecule has 0 spiro atoms. The molecule has 2 aliphatic carbocycles. The number of aliphatic hydroxyl groups is 4. The number of aryl methyl sites for hydroxylation is 1. The zero-order valence-corrected chi connectivity index (χ0v) is 23.7. The van der Waals surface area contributed by atoms with Crippen LogP contribution < -0.4 is 4.74 Å². The van der Waals surface area contributed by atoms with E-state index in [9.17, 15) is 40.2 Å². The number of fused-ring (bicyclic) bond motifs is 4. The van der Waals surface area contributed by atoms with Crippen LogP contribution in [0.15, 0.2) is 18.2 Å². The van der Waals surface area contributed by atoms with Crippen LogP contribution in [0, 0.1) is 18.8 Å². The Labute approximate surface area is 238 Å². The molecule has 3 fully saturated rings. The fraction of sp³-hybridized carbons (Fsp3) is 0.613. The van der Waals surface area contributed by atoms with Crippen LogP contribution in [0.2, 0.25) is 0 Å². The lowest BCUT2D eigenvalue weighted by atomic mass is 9.58. The number of ketones is 1. The van der Waals surface area contributed by atoms with Crippen molar-refractivity contribution in [1.29, 1.82) is 0 Å². The molecule has 5 rings (SSSR count).